The van der Waals surface area contributed by atoms with Crippen molar-refractivity contribution in [3.8, 4) is 11.8 Å². The van der Waals surface area contributed by atoms with Crippen molar-refractivity contribution in [3.05, 3.63) is 21.9 Å². The van der Waals surface area contributed by atoms with E-state index in [-0.39, 0.29) is 0 Å². The number of nitrogens with two attached hydrogens (primary N) is 1. The summed E-state index contributed by atoms with van der Waals surface area (Å²) in [5, 5.41) is 0. The molecule has 1 aliphatic heterocycles. The van der Waals surface area contributed by atoms with E-state index in [1.165, 1.54) is 30.8 Å². The van der Waals surface area contributed by atoms with E-state index in [9.17, 15) is 0 Å². The van der Waals surface area contributed by atoms with Gasteiger partial charge in [-0.15, -0.1) is 11.3 Å². The summed E-state index contributed by atoms with van der Waals surface area (Å²) >= 11 is 1.80. The van der Waals surface area contributed by atoms with Gasteiger partial charge in [0.05, 0.1) is 11.4 Å². The molecule has 0 saturated carbocycles. The molecule has 0 radical (unpaired) electrons. The average molecular weight is 290 g/mol. The zero-order valence-corrected chi connectivity index (χ0v) is 13.7. The Bertz CT molecular complexity index is 479. The minimum absolute atomic E-state index is 0.438. The summed E-state index contributed by atoms with van der Waals surface area (Å²) in [5.41, 5.74) is 5.86. The lowest BCUT2D eigenvalue weighted by Crippen LogP contribution is -2.37. The van der Waals surface area contributed by atoms with E-state index in [2.05, 4.69) is 49.6 Å². The van der Waals surface area contributed by atoms with E-state index in [1.54, 1.807) is 11.3 Å². The Kier molecular flexibility index (Phi) is 5.26. The monoisotopic (exact) mass is 290 g/mol. The molecule has 110 valence electrons. The van der Waals surface area contributed by atoms with E-state index in [1.807, 2.05) is 0 Å². The second-order valence-corrected chi connectivity index (χ2v) is 7.86. The van der Waals surface area contributed by atoms with Crippen LogP contribution in [-0.4, -0.2) is 24.5 Å². The largest absolute Gasteiger partial charge is 0.320 e. The highest BCUT2D eigenvalue weighted by atomic mass is 32.1. The lowest BCUT2D eigenvalue weighted by atomic mass is 9.75. The molecule has 2 nitrogen and oxygen atoms in total. The highest BCUT2D eigenvalue weighted by Crippen LogP contribution is 2.34. The summed E-state index contributed by atoms with van der Waals surface area (Å²) in [7, 11) is 0. The van der Waals surface area contributed by atoms with Crippen molar-refractivity contribution in [3.63, 3.8) is 0 Å². The third-order valence-corrected chi connectivity index (χ3v) is 5.15. The lowest BCUT2D eigenvalue weighted by Gasteiger charge is -2.38. The first kappa shape index (κ1) is 15.6. The summed E-state index contributed by atoms with van der Waals surface area (Å²) in [6.07, 6.45) is 2.66. The Hall–Kier alpha value is -0.820. The number of piperidine rings is 1. The number of hydrogen-bond donors (Lipinski definition) is 1. The predicted octanol–water partition coefficient (Wildman–Crippen LogP) is 3.32. The Morgan fingerprint density at radius 3 is 2.60 bits per heavy atom. The summed E-state index contributed by atoms with van der Waals surface area (Å²) in [4.78, 5) is 5.13. The molecule has 1 saturated heterocycles. The highest BCUT2D eigenvalue weighted by Gasteiger charge is 2.28. The Labute approximate surface area is 127 Å². The van der Waals surface area contributed by atoms with E-state index in [4.69, 9.17) is 5.73 Å². The van der Waals surface area contributed by atoms with Crippen LogP contribution in [0.1, 0.15) is 43.4 Å². The standard InChI is InChI=1S/C17H26N2S/c1-17(2,3)14-8-11-19(12-9-14)13-16-7-6-15(20-16)5-4-10-18/h6-7,14H,8-13,18H2,1-3H3. The molecule has 1 fully saturated rings. The highest BCUT2D eigenvalue weighted by molar-refractivity contribution is 7.12. The number of likely N-dealkylation sites (tertiary alicyclic amines) is 1. The van der Waals surface area contributed by atoms with Gasteiger partial charge in [0.25, 0.3) is 0 Å². The molecule has 1 aromatic heterocycles. The quantitative estimate of drug-likeness (QED) is 0.847. The number of nitrogens with zero attached hydrogens (tertiary/aromatic N) is 1. The van der Waals surface area contributed by atoms with Crippen molar-refractivity contribution in [2.24, 2.45) is 17.1 Å². The molecule has 20 heavy (non-hydrogen) atoms. The molecule has 0 spiro atoms. The third-order valence-electron chi connectivity index (χ3n) is 4.17. The minimum Gasteiger partial charge on any atom is -0.320 e. The number of thiophene rings is 1. The maximum absolute atomic E-state index is 5.40. The van der Waals surface area contributed by atoms with Gasteiger partial charge in [0, 0.05) is 11.4 Å². The first-order valence-electron chi connectivity index (χ1n) is 7.49. The van der Waals surface area contributed by atoms with Crippen LogP contribution < -0.4 is 5.73 Å². The molecule has 2 rings (SSSR count). The summed E-state index contributed by atoms with van der Waals surface area (Å²) in [5.74, 6) is 6.90. The average Bonchev–Trinajstić information content (AvgIpc) is 2.83. The first-order chi connectivity index (χ1) is 9.49. The number of hydrogen-bond acceptors (Lipinski definition) is 3. The van der Waals surface area contributed by atoms with Crippen molar-refractivity contribution < 1.29 is 0 Å². The van der Waals surface area contributed by atoms with Gasteiger partial charge in [0.1, 0.15) is 0 Å². The van der Waals surface area contributed by atoms with Gasteiger partial charge in [-0.1, -0.05) is 32.6 Å². The molecular weight excluding hydrogens is 264 g/mol. The predicted molar refractivity (Wildman–Crippen MR) is 87.7 cm³/mol. The second kappa shape index (κ2) is 6.76. The number of rotatable bonds is 2. The molecule has 0 aliphatic carbocycles. The van der Waals surface area contributed by atoms with E-state index < -0.39 is 0 Å². The Morgan fingerprint density at radius 1 is 1.30 bits per heavy atom. The maximum Gasteiger partial charge on any atom is 0.0772 e. The smallest absolute Gasteiger partial charge is 0.0772 e. The molecule has 0 aromatic carbocycles. The van der Waals surface area contributed by atoms with Crippen molar-refractivity contribution in [1.29, 1.82) is 0 Å². The van der Waals surface area contributed by atoms with Crippen molar-refractivity contribution in [2.75, 3.05) is 19.6 Å². The minimum atomic E-state index is 0.438. The van der Waals surface area contributed by atoms with Gasteiger partial charge < -0.3 is 5.73 Å². The van der Waals surface area contributed by atoms with Gasteiger partial charge in [-0.2, -0.15) is 0 Å². The topological polar surface area (TPSA) is 29.3 Å². The fraction of sp³-hybridized carbons (Fsp3) is 0.647. The van der Waals surface area contributed by atoms with Gasteiger partial charge in [-0.25, -0.2) is 0 Å². The van der Waals surface area contributed by atoms with Gasteiger partial charge in [-0.3, -0.25) is 4.90 Å². The molecule has 0 bridgehead atoms. The molecule has 2 N–H and O–H groups in total. The Morgan fingerprint density at radius 2 is 2.00 bits per heavy atom. The SMILES string of the molecule is CC(C)(C)C1CCN(Cc2ccc(C#CCN)s2)CC1. The van der Waals surface area contributed by atoms with Crippen molar-refractivity contribution >= 4 is 11.3 Å². The third kappa shape index (κ3) is 4.34. The zero-order chi connectivity index (χ0) is 14.6. The summed E-state index contributed by atoms with van der Waals surface area (Å²) in [6, 6.07) is 4.33. The second-order valence-electron chi connectivity index (χ2n) is 6.69. The first-order valence-corrected chi connectivity index (χ1v) is 8.30. The van der Waals surface area contributed by atoms with Gasteiger partial charge in [0.2, 0.25) is 0 Å². The summed E-state index contributed by atoms with van der Waals surface area (Å²) < 4.78 is 0. The normalized spacial score (nSPS) is 17.8. The lowest BCUT2D eigenvalue weighted by molar-refractivity contribution is 0.109. The van der Waals surface area contributed by atoms with Crippen LogP contribution in [0.3, 0.4) is 0 Å². The zero-order valence-electron chi connectivity index (χ0n) is 12.9. The molecular formula is C17H26N2S. The molecule has 1 aromatic rings. The molecule has 2 heterocycles. The van der Waals surface area contributed by atoms with Crippen LogP contribution in [0, 0.1) is 23.2 Å². The van der Waals surface area contributed by atoms with Gasteiger partial charge in [-0.05, 0) is 49.4 Å². The van der Waals surface area contributed by atoms with Crippen LogP contribution in [-0.2, 0) is 6.54 Å². The van der Waals surface area contributed by atoms with Crippen LogP contribution in [0.25, 0.3) is 0 Å². The van der Waals surface area contributed by atoms with E-state index >= 15 is 0 Å². The van der Waals surface area contributed by atoms with Gasteiger partial charge in [0.15, 0.2) is 0 Å². The van der Waals surface area contributed by atoms with E-state index in [0.29, 0.717) is 12.0 Å². The Balaban J connectivity index is 1.85. The van der Waals surface area contributed by atoms with Crippen LogP contribution in [0.5, 0.6) is 0 Å². The van der Waals surface area contributed by atoms with E-state index in [0.717, 1.165) is 17.3 Å². The molecule has 0 amide bonds. The van der Waals surface area contributed by atoms with Crippen molar-refractivity contribution in [2.45, 2.75) is 40.2 Å². The van der Waals surface area contributed by atoms with Crippen LogP contribution in [0.4, 0.5) is 0 Å². The van der Waals surface area contributed by atoms with Crippen LogP contribution in [0.15, 0.2) is 12.1 Å². The van der Waals surface area contributed by atoms with Gasteiger partial charge >= 0.3 is 0 Å². The van der Waals surface area contributed by atoms with Crippen LogP contribution >= 0.6 is 11.3 Å². The van der Waals surface area contributed by atoms with Crippen LogP contribution in [0.2, 0.25) is 0 Å². The fourth-order valence-corrected chi connectivity index (χ4v) is 3.77. The maximum atomic E-state index is 5.40. The molecule has 0 unspecified atom stereocenters. The fourth-order valence-electron chi connectivity index (χ4n) is 2.85. The summed E-state index contributed by atoms with van der Waals surface area (Å²) in [6.45, 7) is 11.1. The molecule has 1 aliphatic rings. The molecule has 0 atom stereocenters. The molecule has 3 heteroatoms. The van der Waals surface area contributed by atoms with Crippen molar-refractivity contribution in [1.82, 2.24) is 4.90 Å².